The van der Waals surface area contributed by atoms with Crippen LogP contribution in [-0.2, 0) is 21.0 Å². The van der Waals surface area contributed by atoms with Crippen LogP contribution in [0.2, 0.25) is 0 Å². The van der Waals surface area contributed by atoms with Gasteiger partial charge in [-0.25, -0.2) is 9.59 Å². The van der Waals surface area contributed by atoms with E-state index in [4.69, 9.17) is 9.47 Å². The zero-order chi connectivity index (χ0) is 20.6. The number of rotatable bonds is 8. The molecule has 0 aliphatic rings. The molecule has 0 amide bonds. The van der Waals surface area contributed by atoms with Crippen molar-refractivity contribution >= 4 is 46.8 Å². The molecule has 29 heavy (non-hydrogen) atoms. The fourth-order valence-electron chi connectivity index (χ4n) is 2.31. The van der Waals surface area contributed by atoms with Crippen molar-refractivity contribution in [2.75, 3.05) is 14.2 Å². The first-order valence-corrected chi connectivity index (χ1v) is 11.3. The van der Waals surface area contributed by atoms with E-state index in [1.54, 1.807) is 59.1 Å². The van der Waals surface area contributed by atoms with Crippen molar-refractivity contribution in [2.24, 2.45) is 0 Å². The first kappa shape index (κ1) is 21.4. The minimum absolute atomic E-state index is 0.338. The Morgan fingerprint density at radius 1 is 0.759 bits per heavy atom. The predicted octanol–water partition coefficient (Wildman–Crippen LogP) is 4.70. The highest BCUT2D eigenvalue weighted by Crippen LogP contribution is 2.32. The van der Waals surface area contributed by atoms with E-state index in [1.807, 2.05) is 24.3 Å². The maximum absolute atomic E-state index is 11.5. The smallest absolute Gasteiger partial charge is 0.337 e. The number of nitrogens with zero attached hydrogens (tertiary/aromatic N) is 2. The summed E-state index contributed by atoms with van der Waals surface area (Å²) < 4.78 is 11.2. The van der Waals surface area contributed by atoms with Crippen LogP contribution in [0.15, 0.2) is 57.2 Å². The molecule has 0 aliphatic heterocycles. The molecule has 0 saturated heterocycles. The number of carbonyl (C=O) groups is 2. The molecule has 0 aliphatic carbocycles. The fraction of sp³-hybridized carbons (Fsp3) is 0.200. The summed E-state index contributed by atoms with van der Waals surface area (Å²) in [6.45, 7) is 0. The quantitative estimate of drug-likeness (QED) is 0.364. The summed E-state index contributed by atoms with van der Waals surface area (Å²) >= 11 is 4.77. The topological polar surface area (TPSA) is 78.4 Å². The summed E-state index contributed by atoms with van der Waals surface area (Å²) in [7, 11) is 2.74. The number of ether oxygens (including phenoxy) is 2. The highest BCUT2D eigenvalue weighted by Gasteiger charge is 2.09. The summed E-state index contributed by atoms with van der Waals surface area (Å²) in [6.07, 6.45) is 0. The van der Waals surface area contributed by atoms with Gasteiger partial charge in [0, 0.05) is 11.5 Å². The monoisotopic (exact) mass is 446 g/mol. The van der Waals surface area contributed by atoms with Gasteiger partial charge in [0.1, 0.15) is 0 Å². The van der Waals surface area contributed by atoms with Gasteiger partial charge in [0.2, 0.25) is 0 Å². The molecular weight excluding hydrogens is 428 g/mol. The lowest BCUT2D eigenvalue weighted by molar-refractivity contribution is 0.0592. The highest BCUT2D eigenvalue weighted by atomic mass is 32.2. The maximum atomic E-state index is 11.5. The number of hydrogen-bond donors (Lipinski definition) is 0. The van der Waals surface area contributed by atoms with Crippen molar-refractivity contribution in [1.82, 2.24) is 10.2 Å². The minimum atomic E-state index is -0.338. The van der Waals surface area contributed by atoms with Crippen LogP contribution >= 0.6 is 34.9 Å². The molecule has 0 atom stereocenters. The second kappa shape index (κ2) is 10.4. The van der Waals surface area contributed by atoms with Gasteiger partial charge in [-0.3, -0.25) is 0 Å². The van der Waals surface area contributed by atoms with Gasteiger partial charge in [-0.2, -0.15) is 0 Å². The Hall–Kier alpha value is -2.36. The number of methoxy groups -OCH3 is 2. The molecule has 3 aromatic rings. The zero-order valence-corrected chi connectivity index (χ0v) is 18.2. The maximum Gasteiger partial charge on any atom is 0.337 e. The Morgan fingerprint density at radius 2 is 1.14 bits per heavy atom. The minimum Gasteiger partial charge on any atom is -0.465 e. The first-order chi connectivity index (χ1) is 14.1. The second-order valence-electron chi connectivity index (χ2n) is 5.79. The van der Waals surface area contributed by atoms with E-state index >= 15 is 0 Å². The fourth-order valence-corrected chi connectivity index (χ4v) is 5.25. The summed E-state index contributed by atoms with van der Waals surface area (Å²) in [4.78, 5) is 22.9. The number of benzene rings is 2. The van der Waals surface area contributed by atoms with E-state index in [1.165, 1.54) is 14.2 Å². The zero-order valence-electron chi connectivity index (χ0n) is 15.8. The summed E-state index contributed by atoms with van der Waals surface area (Å²) in [5.41, 5.74) is 3.27. The van der Waals surface area contributed by atoms with E-state index in [0.29, 0.717) is 11.1 Å². The number of thioether (sulfide) groups is 2. The molecule has 2 aromatic carbocycles. The first-order valence-electron chi connectivity index (χ1n) is 8.52. The van der Waals surface area contributed by atoms with Crippen LogP contribution in [0.4, 0.5) is 0 Å². The molecule has 9 heteroatoms. The number of hydrogen-bond acceptors (Lipinski definition) is 9. The van der Waals surface area contributed by atoms with Crippen molar-refractivity contribution in [1.29, 1.82) is 0 Å². The largest absolute Gasteiger partial charge is 0.465 e. The van der Waals surface area contributed by atoms with Crippen molar-refractivity contribution in [3.63, 3.8) is 0 Å². The molecule has 150 valence electrons. The van der Waals surface area contributed by atoms with Gasteiger partial charge in [-0.15, -0.1) is 10.2 Å². The van der Waals surface area contributed by atoms with E-state index < -0.39 is 0 Å². The normalized spacial score (nSPS) is 10.6. The Morgan fingerprint density at radius 3 is 1.48 bits per heavy atom. The number of carbonyl (C=O) groups excluding carboxylic acids is 2. The molecule has 0 N–H and O–H groups in total. The summed E-state index contributed by atoms with van der Waals surface area (Å²) in [5, 5.41) is 8.45. The van der Waals surface area contributed by atoms with Crippen molar-refractivity contribution in [2.45, 2.75) is 20.2 Å². The molecular formula is C20H18N2O4S3. The molecule has 0 spiro atoms. The van der Waals surface area contributed by atoms with Gasteiger partial charge in [0.05, 0.1) is 25.3 Å². The Kier molecular flexibility index (Phi) is 7.68. The lowest BCUT2D eigenvalue weighted by Crippen LogP contribution is -2.00. The average Bonchev–Trinajstić information content (AvgIpc) is 3.23. The molecule has 1 aromatic heterocycles. The summed E-state index contributed by atoms with van der Waals surface area (Å²) in [5.74, 6) is 0.815. The lowest BCUT2D eigenvalue weighted by atomic mass is 10.1. The molecule has 0 bridgehead atoms. The third-order valence-electron chi connectivity index (χ3n) is 3.86. The van der Waals surface area contributed by atoms with E-state index in [0.717, 1.165) is 31.3 Å². The molecule has 0 saturated carbocycles. The lowest BCUT2D eigenvalue weighted by Gasteiger charge is -2.02. The molecule has 0 radical (unpaired) electrons. The Balaban J connectivity index is 1.49. The number of aromatic nitrogens is 2. The van der Waals surface area contributed by atoms with Crippen LogP contribution in [0.1, 0.15) is 31.8 Å². The second-order valence-corrected chi connectivity index (χ2v) is 9.21. The average molecular weight is 447 g/mol. The van der Waals surface area contributed by atoms with Gasteiger partial charge in [0.25, 0.3) is 0 Å². The Bertz CT molecular complexity index is 894. The molecule has 3 rings (SSSR count). The molecule has 0 fully saturated rings. The standard InChI is InChI=1S/C20H18N2O4S3/c1-25-17(23)15-7-3-13(4-8-15)11-27-19-21-22-20(29-19)28-12-14-5-9-16(10-6-14)18(24)26-2/h3-10H,11-12H2,1-2H3. The van der Waals surface area contributed by atoms with Gasteiger partial charge < -0.3 is 9.47 Å². The van der Waals surface area contributed by atoms with Crippen molar-refractivity contribution in [3.8, 4) is 0 Å². The highest BCUT2D eigenvalue weighted by molar-refractivity contribution is 8.02. The van der Waals surface area contributed by atoms with Crippen molar-refractivity contribution < 1.29 is 19.1 Å². The third kappa shape index (κ3) is 6.06. The molecule has 0 unspecified atom stereocenters. The van der Waals surface area contributed by atoms with Gasteiger partial charge in [-0.05, 0) is 35.4 Å². The Labute approximate surface area is 181 Å². The van der Waals surface area contributed by atoms with E-state index in [9.17, 15) is 9.59 Å². The molecule has 6 nitrogen and oxygen atoms in total. The van der Waals surface area contributed by atoms with Gasteiger partial charge in [-0.1, -0.05) is 59.1 Å². The number of esters is 2. The van der Waals surface area contributed by atoms with E-state index in [2.05, 4.69) is 10.2 Å². The third-order valence-corrected chi connectivity index (χ3v) is 7.19. The van der Waals surface area contributed by atoms with Crippen LogP contribution in [0.5, 0.6) is 0 Å². The van der Waals surface area contributed by atoms with Gasteiger partial charge in [0.15, 0.2) is 8.68 Å². The van der Waals surface area contributed by atoms with Gasteiger partial charge >= 0.3 is 11.9 Å². The van der Waals surface area contributed by atoms with Crippen LogP contribution in [-0.4, -0.2) is 36.4 Å². The van der Waals surface area contributed by atoms with Crippen LogP contribution in [0, 0.1) is 0 Å². The summed E-state index contributed by atoms with van der Waals surface area (Å²) in [6, 6.07) is 14.7. The van der Waals surface area contributed by atoms with Crippen LogP contribution in [0.25, 0.3) is 0 Å². The predicted molar refractivity (Wildman–Crippen MR) is 115 cm³/mol. The van der Waals surface area contributed by atoms with Crippen LogP contribution < -0.4 is 0 Å². The van der Waals surface area contributed by atoms with E-state index in [-0.39, 0.29) is 11.9 Å². The molecule has 1 heterocycles. The van der Waals surface area contributed by atoms with Crippen molar-refractivity contribution in [3.05, 3.63) is 70.8 Å². The SMILES string of the molecule is COC(=O)c1ccc(CSc2nnc(SCc3ccc(C(=O)OC)cc3)s2)cc1. The van der Waals surface area contributed by atoms with Crippen LogP contribution in [0.3, 0.4) is 0 Å².